The third-order valence-electron chi connectivity index (χ3n) is 3.56. The number of hydrogen-bond acceptors (Lipinski definition) is 2. The molecule has 0 aromatic rings. The molecule has 1 unspecified atom stereocenters. The van der Waals surface area contributed by atoms with Crippen LogP contribution in [0.5, 0.6) is 0 Å². The van der Waals surface area contributed by atoms with Crippen LogP contribution >= 0.6 is 0 Å². The Morgan fingerprint density at radius 3 is 2.87 bits per heavy atom. The van der Waals surface area contributed by atoms with Gasteiger partial charge in [-0.15, -0.1) is 0 Å². The molecule has 1 heterocycles. The fourth-order valence-electron chi connectivity index (χ4n) is 2.58. The van der Waals surface area contributed by atoms with Gasteiger partial charge in [-0.25, -0.2) is 0 Å². The van der Waals surface area contributed by atoms with Crippen molar-refractivity contribution in [3.8, 4) is 0 Å². The van der Waals surface area contributed by atoms with Crippen molar-refractivity contribution in [2.45, 2.75) is 27.2 Å². The number of likely N-dealkylation sites (tertiary alicyclic amines) is 1. The van der Waals surface area contributed by atoms with Gasteiger partial charge in [0.25, 0.3) is 0 Å². The van der Waals surface area contributed by atoms with Gasteiger partial charge in [-0.05, 0) is 19.4 Å². The molecule has 0 saturated carbocycles. The summed E-state index contributed by atoms with van der Waals surface area (Å²) in [7, 11) is 0. The van der Waals surface area contributed by atoms with Crippen LogP contribution in [-0.2, 0) is 4.79 Å². The maximum absolute atomic E-state index is 12.2. The number of allylic oxidation sites excluding steroid dienone is 3. The predicted octanol–water partition coefficient (Wildman–Crippen LogP) is 1.62. The maximum Gasteiger partial charge on any atom is 0.233 e. The number of amides is 1. The molecule has 3 heteroatoms. The molecular weight excluding hydrogens is 188 g/mol. The summed E-state index contributed by atoms with van der Waals surface area (Å²) in [6.45, 7) is 6.79. The summed E-state index contributed by atoms with van der Waals surface area (Å²) in [6.07, 6.45) is 4.85. The van der Waals surface area contributed by atoms with E-state index in [4.69, 9.17) is 5.73 Å². The second-order valence-corrected chi connectivity index (χ2v) is 4.83. The SMILES string of the molecule is CCN1C(=O)C(C)(C)C2CC=C(N)C=C21. The lowest BCUT2D eigenvalue weighted by molar-refractivity contribution is -0.134. The minimum Gasteiger partial charge on any atom is -0.399 e. The van der Waals surface area contributed by atoms with E-state index in [9.17, 15) is 4.79 Å². The monoisotopic (exact) mass is 206 g/mol. The van der Waals surface area contributed by atoms with Crippen LogP contribution < -0.4 is 5.73 Å². The standard InChI is InChI=1S/C12H18N2O/c1-4-14-10-7-8(13)5-6-9(10)12(2,3)11(14)15/h5,7,9H,4,6,13H2,1-3H3. The minimum atomic E-state index is -0.279. The Morgan fingerprint density at radius 2 is 2.27 bits per heavy atom. The Balaban J connectivity index is 2.46. The van der Waals surface area contributed by atoms with E-state index >= 15 is 0 Å². The molecule has 2 aliphatic rings. The minimum absolute atomic E-state index is 0.226. The van der Waals surface area contributed by atoms with Crippen LogP contribution in [0, 0.1) is 11.3 Å². The first-order valence-corrected chi connectivity index (χ1v) is 5.47. The number of fused-ring (bicyclic) bond motifs is 1. The Morgan fingerprint density at radius 1 is 1.60 bits per heavy atom. The highest BCUT2D eigenvalue weighted by Crippen LogP contribution is 2.47. The van der Waals surface area contributed by atoms with E-state index in [2.05, 4.69) is 0 Å². The van der Waals surface area contributed by atoms with Crippen LogP contribution in [0.1, 0.15) is 27.2 Å². The summed E-state index contributed by atoms with van der Waals surface area (Å²) in [5.41, 5.74) is 7.40. The van der Waals surface area contributed by atoms with E-state index in [0.29, 0.717) is 5.92 Å². The molecule has 1 atom stereocenters. The van der Waals surface area contributed by atoms with Gasteiger partial charge in [0.2, 0.25) is 5.91 Å². The van der Waals surface area contributed by atoms with E-state index in [1.54, 1.807) is 0 Å². The molecular formula is C12H18N2O. The molecule has 82 valence electrons. The molecule has 2 N–H and O–H groups in total. The fraction of sp³-hybridized carbons (Fsp3) is 0.583. The molecule has 1 saturated heterocycles. The summed E-state index contributed by atoms with van der Waals surface area (Å²) in [6, 6.07) is 0. The first-order chi connectivity index (χ1) is 6.98. The van der Waals surface area contributed by atoms with Gasteiger partial charge in [-0.3, -0.25) is 4.79 Å². The van der Waals surface area contributed by atoms with Crippen molar-refractivity contribution in [2.75, 3.05) is 6.54 Å². The topological polar surface area (TPSA) is 46.3 Å². The summed E-state index contributed by atoms with van der Waals surface area (Å²) in [5, 5.41) is 0. The van der Waals surface area contributed by atoms with Gasteiger partial charge in [-0.2, -0.15) is 0 Å². The highest BCUT2D eigenvalue weighted by Gasteiger charge is 2.49. The maximum atomic E-state index is 12.2. The van der Waals surface area contributed by atoms with E-state index in [1.165, 1.54) is 0 Å². The van der Waals surface area contributed by atoms with Gasteiger partial charge in [0.05, 0.1) is 5.41 Å². The largest absolute Gasteiger partial charge is 0.399 e. The van der Waals surface area contributed by atoms with Crippen LogP contribution in [0.15, 0.2) is 23.5 Å². The molecule has 1 amide bonds. The van der Waals surface area contributed by atoms with Crippen LogP contribution in [0.4, 0.5) is 0 Å². The van der Waals surface area contributed by atoms with Gasteiger partial charge in [0.1, 0.15) is 0 Å². The second kappa shape index (κ2) is 3.12. The van der Waals surface area contributed by atoms with E-state index in [1.807, 2.05) is 37.8 Å². The van der Waals surface area contributed by atoms with Crippen molar-refractivity contribution in [3.63, 3.8) is 0 Å². The fourth-order valence-corrected chi connectivity index (χ4v) is 2.58. The highest BCUT2D eigenvalue weighted by molar-refractivity contribution is 5.88. The molecule has 15 heavy (non-hydrogen) atoms. The molecule has 0 spiro atoms. The molecule has 1 fully saturated rings. The third-order valence-corrected chi connectivity index (χ3v) is 3.56. The van der Waals surface area contributed by atoms with Gasteiger partial charge in [-0.1, -0.05) is 19.9 Å². The molecule has 1 aliphatic carbocycles. The number of carbonyl (C=O) groups excluding carboxylic acids is 1. The van der Waals surface area contributed by atoms with E-state index in [0.717, 1.165) is 24.4 Å². The highest BCUT2D eigenvalue weighted by atomic mass is 16.2. The van der Waals surface area contributed by atoms with Crippen LogP contribution in [0.3, 0.4) is 0 Å². The molecule has 3 nitrogen and oxygen atoms in total. The van der Waals surface area contributed by atoms with Crippen LogP contribution in [0.2, 0.25) is 0 Å². The first-order valence-electron chi connectivity index (χ1n) is 5.47. The third kappa shape index (κ3) is 1.29. The molecule has 1 aliphatic heterocycles. The summed E-state index contributed by atoms with van der Waals surface area (Å²) >= 11 is 0. The lowest BCUT2D eigenvalue weighted by Crippen LogP contribution is -2.31. The Hall–Kier alpha value is -1.25. The van der Waals surface area contributed by atoms with E-state index in [-0.39, 0.29) is 11.3 Å². The zero-order chi connectivity index (χ0) is 11.2. The Bertz CT molecular complexity index is 366. The summed E-state index contributed by atoms with van der Waals surface area (Å²) in [5.74, 6) is 0.529. The van der Waals surface area contributed by atoms with Crippen LogP contribution in [0.25, 0.3) is 0 Å². The first kappa shape index (κ1) is 10.3. The van der Waals surface area contributed by atoms with Crippen LogP contribution in [-0.4, -0.2) is 17.4 Å². The number of rotatable bonds is 1. The van der Waals surface area contributed by atoms with Crippen molar-refractivity contribution in [1.29, 1.82) is 0 Å². The van der Waals surface area contributed by atoms with Crippen molar-refractivity contribution < 1.29 is 4.79 Å². The predicted molar refractivity (Wildman–Crippen MR) is 59.6 cm³/mol. The van der Waals surface area contributed by atoms with Crippen molar-refractivity contribution >= 4 is 5.91 Å². The van der Waals surface area contributed by atoms with Crippen molar-refractivity contribution in [2.24, 2.45) is 17.1 Å². The van der Waals surface area contributed by atoms with Gasteiger partial charge in [0, 0.05) is 23.9 Å². The van der Waals surface area contributed by atoms with E-state index < -0.39 is 0 Å². The summed E-state index contributed by atoms with van der Waals surface area (Å²) in [4.78, 5) is 14.0. The molecule has 0 bridgehead atoms. The number of hydrogen-bond donors (Lipinski definition) is 1. The quantitative estimate of drug-likeness (QED) is 0.708. The number of carbonyl (C=O) groups is 1. The second-order valence-electron chi connectivity index (χ2n) is 4.83. The molecule has 0 aromatic heterocycles. The lowest BCUT2D eigenvalue weighted by atomic mass is 9.76. The van der Waals surface area contributed by atoms with Gasteiger partial charge >= 0.3 is 0 Å². The van der Waals surface area contributed by atoms with Crippen molar-refractivity contribution in [1.82, 2.24) is 4.90 Å². The lowest BCUT2D eigenvalue weighted by Gasteiger charge is -2.24. The smallest absolute Gasteiger partial charge is 0.233 e. The Kier molecular flexibility index (Phi) is 2.14. The number of nitrogens with two attached hydrogens (primary N) is 1. The average molecular weight is 206 g/mol. The van der Waals surface area contributed by atoms with Gasteiger partial charge in [0.15, 0.2) is 0 Å². The average Bonchev–Trinajstić information content (AvgIpc) is 2.35. The van der Waals surface area contributed by atoms with Crippen molar-refractivity contribution in [3.05, 3.63) is 23.5 Å². The molecule has 0 radical (unpaired) electrons. The molecule has 2 rings (SSSR count). The normalized spacial score (nSPS) is 28.6. The number of nitrogens with zero attached hydrogens (tertiary/aromatic N) is 1. The Labute approximate surface area is 90.6 Å². The zero-order valence-corrected chi connectivity index (χ0v) is 9.58. The van der Waals surface area contributed by atoms with Gasteiger partial charge < -0.3 is 10.6 Å². The molecule has 0 aromatic carbocycles. The summed E-state index contributed by atoms with van der Waals surface area (Å²) < 4.78 is 0. The zero-order valence-electron chi connectivity index (χ0n) is 9.58.